The smallest absolute Gasteiger partial charge is 0.165 e. The minimum absolute atomic E-state index is 0.181. The number of ether oxygens (including phenoxy) is 1. The molecular weight excluding hydrogens is 317 g/mol. The van der Waals surface area contributed by atoms with Crippen molar-refractivity contribution in [3.05, 3.63) is 95.8 Å². The van der Waals surface area contributed by atoms with Gasteiger partial charge in [0, 0.05) is 6.42 Å². The normalized spacial score (nSPS) is 16.2. The van der Waals surface area contributed by atoms with Gasteiger partial charge in [0.15, 0.2) is 17.7 Å². The first-order chi connectivity index (χ1) is 12.3. The van der Waals surface area contributed by atoms with E-state index in [0.717, 1.165) is 16.8 Å². The van der Waals surface area contributed by atoms with Gasteiger partial charge in [0.05, 0.1) is 5.71 Å². The van der Waals surface area contributed by atoms with Gasteiger partial charge < -0.3 is 9.57 Å². The lowest BCUT2D eigenvalue weighted by molar-refractivity contribution is 0.0855. The standard InChI is InChI=1S/C21H16FNO2/c22-18-12-11-16(13-21(18)24-17-9-5-2-6-10-17)20-14-19(23-25-20)15-7-3-1-4-8-15/h1-13,20H,14H2. The largest absolute Gasteiger partial charge is 0.454 e. The highest BCUT2D eigenvalue weighted by atomic mass is 19.1. The number of oxime groups is 1. The number of hydrogen-bond acceptors (Lipinski definition) is 3. The molecule has 1 heterocycles. The summed E-state index contributed by atoms with van der Waals surface area (Å²) in [6, 6.07) is 23.8. The molecule has 0 radical (unpaired) electrons. The fourth-order valence-electron chi connectivity index (χ4n) is 2.77. The number of halogens is 1. The summed E-state index contributed by atoms with van der Waals surface area (Å²) in [6.07, 6.45) is 0.398. The molecule has 0 aliphatic carbocycles. The molecule has 3 nitrogen and oxygen atoms in total. The molecule has 3 aromatic rings. The van der Waals surface area contributed by atoms with E-state index < -0.39 is 5.82 Å². The van der Waals surface area contributed by atoms with Gasteiger partial charge in [-0.05, 0) is 35.4 Å². The second kappa shape index (κ2) is 6.77. The van der Waals surface area contributed by atoms with Gasteiger partial charge in [0.1, 0.15) is 5.75 Å². The van der Waals surface area contributed by atoms with Gasteiger partial charge in [-0.25, -0.2) is 4.39 Å². The Morgan fingerprint density at radius 1 is 0.920 bits per heavy atom. The summed E-state index contributed by atoms with van der Waals surface area (Å²) in [4.78, 5) is 5.56. The maximum Gasteiger partial charge on any atom is 0.165 e. The molecule has 1 aliphatic rings. The average Bonchev–Trinajstić information content (AvgIpc) is 3.15. The molecule has 4 heteroatoms. The van der Waals surface area contributed by atoms with Crippen LogP contribution in [0.1, 0.15) is 23.7 Å². The minimum Gasteiger partial charge on any atom is -0.454 e. The molecule has 0 aromatic heterocycles. The van der Waals surface area contributed by atoms with Crippen molar-refractivity contribution < 1.29 is 14.0 Å². The summed E-state index contributed by atoms with van der Waals surface area (Å²) >= 11 is 0. The highest BCUT2D eigenvalue weighted by Gasteiger charge is 2.24. The van der Waals surface area contributed by atoms with Crippen LogP contribution in [0.4, 0.5) is 4.39 Å². The second-order valence-electron chi connectivity index (χ2n) is 5.81. The van der Waals surface area contributed by atoms with E-state index in [-0.39, 0.29) is 11.9 Å². The number of hydrogen-bond donors (Lipinski definition) is 0. The van der Waals surface area contributed by atoms with Crippen molar-refractivity contribution in [2.24, 2.45) is 5.16 Å². The van der Waals surface area contributed by atoms with Crippen molar-refractivity contribution in [1.29, 1.82) is 0 Å². The van der Waals surface area contributed by atoms with Gasteiger partial charge in [-0.15, -0.1) is 0 Å². The summed E-state index contributed by atoms with van der Waals surface area (Å²) in [5, 5.41) is 4.18. The molecule has 25 heavy (non-hydrogen) atoms. The molecule has 0 fully saturated rings. The Bertz CT molecular complexity index is 894. The quantitative estimate of drug-likeness (QED) is 0.632. The Hall–Kier alpha value is -3.14. The summed E-state index contributed by atoms with van der Waals surface area (Å²) in [7, 11) is 0. The molecule has 1 unspecified atom stereocenters. The predicted molar refractivity (Wildman–Crippen MR) is 94.3 cm³/mol. The monoisotopic (exact) mass is 333 g/mol. The van der Waals surface area contributed by atoms with Crippen LogP contribution in [0.25, 0.3) is 0 Å². The Labute approximate surface area is 145 Å². The van der Waals surface area contributed by atoms with Crippen LogP contribution in [0.2, 0.25) is 0 Å². The van der Waals surface area contributed by atoms with E-state index in [9.17, 15) is 4.39 Å². The SMILES string of the molecule is Fc1ccc(C2CC(c3ccccc3)=NO2)cc1Oc1ccccc1. The predicted octanol–water partition coefficient (Wildman–Crippen LogP) is 5.48. The van der Waals surface area contributed by atoms with E-state index in [1.54, 1.807) is 24.3 Å². The van der Waals surface area contributed by atoms with Gasteiger partial charge in [0.2, 0.25) is 0 Å². The zero-order valence-electron chi connectivity index (χ0n) is 13.4. The maximum atomic E-state index is 14.1. The van der Waals surface area contributed by atoms with Crippen LogP contribution in [0, 0.1) is 5.82 Å². The minimum atomic E-state index is -0.408. The fourth-order valence-corrected chi connectivity index (χ4v) is 2.77. The topological polar surface area (TPSA) is 30.8 Å². The molecule has 4 rings (SSSR count). The molecule has 0 amide bonds. The molecule has 124 valence electrons. The average molecular weight is 333 g/mol. The van der Waals surface area contributed by atoms with Gasteiger partial charge in [0.25, 0.3) is 0 Å². The van der Waals surface area contributed by atoms with Crippen molar-refractivity contribution in [3.63, 3.8) is 0 Å². The van der Waals surface area contributed by atoms with Crippen molar-refractivity contribution >= 4 is 5.71 Å². The lowest BCUT2D eigenvalue weighted by Gasteiger charge is -2.12. The van der Waals surface area contributed by atoms with Gasteiger partial charge in [-0.3, -0.25) is 0 Å². The number of para-hydroxylation sites is 1. The summed E-state index contributed by atoms with van der Waals surface area (Å²) in [5.74, 6) is 0.363. The van der Waals surface area contributed by atoms with Crippen LogP contribution in [-0.4, -0.2) is 5.71 Å². The van der Waals surface area contributed by atoms with Crippen LogP contribution >= 0.6 is 0 Å². The Morgan fingerprint density at radius 2 is 1.64 bits per heavy atom. The van der Waals surface area contributed by atoms with Crippen molar-refractivity contribution in [1.82, 2.24) is 0 Å². The van der Waals surface area contributed by atoms with E-state index in [1.807, 2.05) is 48.5 Å². The van der Waals surface area contributed by atoms with Crippen molar-refractivity contribution in [2.75, 3.05) is 0 Å². The van der Waals surface area contributed by atoms with Gasteiger partial charge in [-0.1, -0.05) is 59.8 Å². The van der Waals surface area contributed by atoms with Gasteiger partial charge in [-0.2, -0.15) is 0 Å². The van der Waals surface area contributed by atoms with Crippen LogP contribution in [0.3, 0.4) is 0 Å². The first-order valence-corrected chi connectivity index (χ1v) is 8.10. The Balaban J connectivity index is 1.53. The van der Waals surface area contributed by atoms with Crippen LogP contribution < -0.4 is 4.74 Å². The van der Waals surface area contributed by atoms with Crippen LogP contribution in [0.15, 0.2) is 84.0 Å². The van der Waals surface area contributed by atoms with Crippen LogP contribution in [0.5, 0.6) is 11.5 Å². The lowest BCUT2D eigenvalue weighted by Crippen LogP contribution is -2.02. The molecule has 0 bridgehead atoms. The van der Waals surface area contributed by atoms with E-state index >= 15 is 0 Å². The Morgan fingerprint density at radius 3 is 2.40 bits per heavy atom. The fraction of sp³-hybridized carbons (Fsp3) is 0.0952. The third-order valence-corrected chi connectivity index (χ3v) is 4.07. The van der Waals surface area contributed by atoms with Gasteiger partial charge >= 0.3 is 0 Å². The van der Waals surface area contributed by atoms with E-state index in [1.165, 1.54) is 6.07 Å². The third-order valence-electron chi connectivity index (χ3n) is 4.07. The summed E-state index contributed by atoms with van der Waals surface area (Å²) in [5.41, 5.74) is 2.76. The van der Waals surface area contributed by atoms with E-state index in [4.69, 9.17) is 9.57 Å². The zero-order chi connectivity index (χ0) is 17.1. The summed E-state index contributed by atoms with van der Waals surface area (Å²) < 4.78 is 19.7. The molecule has 3 aromatic carbocycles. The third kappa shape index (κ3) is 3.38. The number of rotatable bonds is 4. The van der Waals surface area contributed by atoms with E-state index in [2.05, 4.69) is 5.16 Å². The molecule has 1 atom stereocenters. The molecule has 0 saturated heterocycles. The van der Waals surface area contributed by atoms with Crippen molar-refractivity contribution in [2.45, 2.75) is 12.5 Å². The van der Waals surface area contributed by atoms with E-state index in [0.29, 0.717) is 12.2 Å². The highest BCUT2D eigenvalue weighted by Crippen LogP contribution is 2.33. The molecule has 1 aliphatic heterocycles. The second-order valence-corrected chi connectivity index (χ2v) is 5.81. The molecule has 0 spiro atoms. The lowest BCUT2D eigenvalue weighted by atomic mass is 10.00. The number of benzene rings is 3. The highest BCUT2D eigenvalue weighted by molar-refractivity contribution is 6.01. The Kier molecular flexibility index (Phi) is 4.17. The van der Waals surface area contributed by atoms with Crippen molar-refractivity contribution in [3.8, 4) is 11.5 Å². The zero-order valence-corrected chi connectivity index (χ0v) is 13.4. The maximum absolute atomic E-state index is 14.1. The first kappa shape index (κ1) is 15.4. The first-order valence-electron chi connectivity index (χ1n) is 8.10. The molecule has 0 saturated carbocycles. The molecular formula is C21H16FNO2. The summed E-state index contributed by atoms with van der Waals surface area (Å²) in [6.45, 7) is 0. The molecule has 0 N–H and O–H groups in total. The number of nitrogens with zero attached hydrogens (tertiary/aromatic N) is 1. The van der Waals surface area contributed by atoms with Crippen LogP contribution in [-0.2, 0) is 4.84 Å².